The molecule has 0 atom stereocenters. The molecule has 1 radical (unpaired) electrons. The lowest BCUT2D eigenvalue weighted by Gasteiger charge is -2.20. The third kappa shape index (κ3) is 3.23. The second kappa shape index (κ2) is 3.56. The fourth-order valence-electron chi connectivity index (χ4n) is 0.867. The Kier molecular flexibility index (Phi) is 2.66. The van der Waals surface area contributed by atoms with Crippen LogP contribution in [0, 0.1) is 6.20 Å². The summed E-state index contributed by atoms with van der Waals surface area (Å²) in [6, 6.07) is 3.31. The Bertz CT molecular complexity index is 288. The maximum Gasteiger partial charge on any atom is 0.253 e. The third-order valence-electron chi connectivity index (χ3n) is 1.37. The Balaban J connectivity index is 2.71. The molecule has 1 aromatic heterocycles. The lowest BCUT2D eigenvalue weighted by Crippen LogP contribution is -2.40. The lowest BCUT2D eigenvalue weighted by atomic mass is 10.1. The molecule has 1 rings (SSSR count). The number of pyridine rings is 1. The largest absolute Gasteiger partial charge is 0.347 e. The van der Waals surface area contributed by atoms with E-state index in [0.29, 0.717) is 5.56 Å². The van der Waals surface area contributed by atoms with Gasteiger partial charge in [0.05, 0.1) is 11.8 Å². The molecule has 0 unspecified atom stereocenters. The predicted octanol–water partition coefficient (Wildman–Crippen LogP) is 1.41. The van der Waals surface area contributed by atoms with Crippen molar-refractivity contribution in [2.75, 3.05) is 0 Å². The molecular formula is C10H13N2O. The molecule has 3 nitrogen and oxygen atoms in total. The van der Waals surface area contributed by atoms with Crippen molar-refractivity contribution in [2.24, 2.45) is 0 Å². The fraction of sp³-hybridized carbons (Fsp3) is 0.400. The van der Waals surface area contributed by atoms with Crippen LogP contribution in [0.1, 0.15) is 31.1 Å². The number of amides is 1. The number of carbonyl (C=O) groups is 1. The number of nitrogens with one attached hydrogen (secondary N) is 1. The van der Waals surface area contributed by atoms with E-state index in [1.165, 1.54) is 6.20 Å². The average Bonchev–Trinajstić information content (AvgIpc) is 2.03. The number of aromatic nitrogens is 1. The van der Waals surface area contributed by atoms with Crippen LogP contribution in [0.3, 0.4) is 0 Å². The van der Waals surface area contributed by atoms with E-state index < -0.39 is 0 Å². The molecule has 13 heavy (non-hydrogen) atoms. The summed E-state index contributed by atoms with van der Waals surface area (Å²) >= 11 is 0. The van der Waals surface area contributed by atoms with Crippen molar-refractivity contribution in [3.63, 3.8) is 0 Å². The van der Waals surface area contributed by atoms with Crippen molar-refractivity contribution >= 4 is 5.91 Å². The Hall–Kier alpha value is -1.38. The number of carbonyl (C=O) groups excluding carboxylic acids is 1. The highest BCUT2D eigenvalue weighted by Gasteiger charge is 2.14. The summed E-state index contributed by atoms with van der Waals surface area (Å²) in [6.07, 6.45) is 4.12. The molecule has 0 aliphatic carbocycles. The molecule has 1 amide bonds. The third-order valence-corrected chi connectivity index (χ3v) is 1.37. The summed E-state index contributed by atoms with van der Waals surface area (Å²) in [6.45, 7) is 5.81. The zero-order valence-corrected chi connectivity index (χ0v) is 8.09. The molecule has 3 heteroatoms. The van der Waals surface area contributed by atoms with Gasteiger partial charge in [0, 0.05) is 11.7 Å². The average molecular weight is 177 g/mol. The van der Waals surface area contributed by atoms with Gasteiger partial charge in [0.1, 0.15) is 0 Å². The molecule has 0 aliphatic heterocycles. The van der Waals surface area contributed by atoms with Crippen LogP contribution in [-0.4, -0.2) is 16.4 Å². The molecule has 0 aliphatic rings. The van der Waals surface area contributed by atoms with Crippen LogP contribution in [0.15, 0.2) is 18.3 Å². The Morgan fingerprint density at radius 2 is 2.23 bits per heavy atom. The number of nitrogens with zero attached hydrogens (tertiary/aromatic N) is 1. The lowest BCUT2D eigenvalue weighted by molar-refractivity contribution is 0.0919. The molecule has 69 valence electrons. The van der Waals surface area contributed by atoms with Gasteiger partial charge in [0.25, 0.3) is 5.91 Å². The zero-order valence-electron chi connectivity index (χ0n) is 8.09. The number of hydrogen-bond acceptors (Lipinski definition) is 2. The van der Waals surface area contributed by atoms with Crippen molar-refractivity contribution in [1.29, 1.82) is 0 Å². The van der Waals surface area contributed by atoms with Crippen LogP contribution in [0.5, 0.6) is 0 Å². The van der Waals surface area contributed by atoms with E-state index in [-0.39, 0.29) is 11.4 Å². The summed E-state index contributed by atoms with van der Waals surface area (Å²) in [5, 5.41) is 2.84. The second-order valence-electron chi connectivity index (χ2n) is 3.88. The monoisotopic (exact) mass is 177 g/mol. The van der Waals surface area contributed by atoms with Crippen LogP contribution in [-0.2, 0) is 0 Å². The Morgan fingerprint density at radius 1 is 1.54 bits per heavy atom. The zero-order chi connectivity index (χ0) is 9.90. The molecule has 1 N–H and O–H groups in total. The first-order valence-corrected chi connectivity index (χ1v) is 4.14. The van der Waals surface area contributed by atoms with E-state index in [1.54, 1.807) is 12.1 Å². The molecule has 0 spiro atoms. The quantitative estimate of drug-likeness (QED) is 0.704. The van der Waals surface area contributed by atoms with Gasteiger partial charge in [0.2, 0.25) is 0 Å². The van der Waals surface area contributed by atoms with Gasteiger partial charge < -0.3 is 5.32 Å². The molecule has 0 saturated carbocycles. The van der Waals surface area contributed by atoms with Crippen molar-refractivity contribution < 1.29 is 4.79 Å². The van der Waals surface area contributed by atoms with Crippen LogP contribution < -0.4 is 5.32 Å². The van der Waals surface area contributed by atoms with Crippen LogP contribution >= 0.6 is 0 Å². The highest BCUT2D eigenvalue weighted by atomic mass is 16.1. The fourth-order valence-corrected chi connectivity index (χ4v) is 0.867. The molecule has 1 aromatic rings. The van der Waals surface area contributed by atoms with Gasteiger partial charge in [-0.15, -0.1) is 0 Å². The van der Waals surface area contributed by atoms with Crippen molar-refractivity contribution in [1.82, 2.24) is 10.3 Å². The van der Waals surface area contributed by atoms with E-state index in [0.717, 1.165) is 0 Å². The SMILES string of the molecule is CC(C)(C)NC(=O)c1cc[c]nc1. The first kappa shape index (κ1) is 9.71. The van der Waals surface area contributed by atoms with E-state index in [1.807, 2.05) is 20.8 Å². The molecule has 0 bridgehead atoms. The number of rotatable bonds is 1. The summed E-state index contributed by atoms with van der Waals surface area (Å²) in [7, 11) is 0. The standard InChI is InChI=1S/C10H13N2O/c1-10(2,3)12-9(13)8-5-4-6-11-7-8/h4-5,7H,1-3H3,(H,12,13). The van der Waals surface area contributed by atoms with Gasteiger partial charge in [-0.05, 0) is 32.9 Å². The summed E-state index contributed by atoms with van der Waals surface area (Å²) in [4.78, 5) is 15.2. The topological polar surface area (TPSA) is 42.0 Å². The smallest absolute Gasteiger partial charge is 0.253 e. The minimum atomic E-state index is -0.212. The van der Waals surface area contributed by atoms with E-state index in [9.17, 15) is 4.79 Å². The first-order valence-electron chi connectivity index (χ1n) is 4.14. The van der Waals surface area contributed by atoms with Gasteiger partial charge in [-0.1, -0.05) is 0 Å². The van der Waals surface area contributed by atoms with Crippen molar-refractivity contribution in [2.45, 2.75) is 26.3 Å². The van der Waals surface area contributed by atoms with Gasteiger partial charge >= 0.3 is 0 Å². The Labute approximate surface area is 78.2 Å². The van der Waals surface area contributed by atoms with Gasteiger partial charge in [-0.3, -0.25) is 9.78 Å². The van der Waals surface area contributed by atoms with Crippen LogP contribution in [0.2, 0.25) is 0 Å². The van der Waals surface area contributed by atoms with Gasteiger partial charge in [-0.25, -0.2) is 0 Å². The summed E-state index contributed by atoms with van der Waals surface area (Å²) < 4.78 is 0. The minimum absolute atomic E-state index is 0.103. The number of hydrogen-bond donors (Lipinski definition) is 1. The van der Waals surface area contributed by atoms with Crippen LogP contribution in [0.25, 0.3) is 0 Å². The van der Waals surface area contributed by atoms with Gasteiger partial charge in [0.15, 0.2) is 0 Å². The van der Waals surface area contributed by atoms with E-state index >= 15 is 0 Å². The van der Waals surface area contributed by atoms with Crippen LogP contribution in [0.4, 0.5) is 0 Å². The Morgan fingerprint density at radius 3 is 2.69 bits per heavy atom. The molecule has 0 fully saturated rings. The van der Waals surface area contributed by atoms with Crippen molar-refractivity contribution in [3.05, 3.63) is 30.1 Å². The summed E-state index contributed by atoms with van der Waals surface area (Å²) in [5.41, 5.74) is 0.352. The molecular weight excluding hydrogens is 164 g/mol. The summed E-state index contributed by atoms with van der Waals surface area (Å²) in [5.74, 6) is -0.103. The minimum Gasteiger partial charge on any atom is -0.347 e. The van der Waals surface area contributed by atoms with E-state index in [4.69, 9.17) is 0 Å². The molecule has 0 aromatic carbocycles. The van der Waals surface area contributed by atoms with E-state index in [2.05, 4.69) is 16.5 Å². The predicted molar refractivity (Wildman–Crippen MR) is 50.3 cm³/mol. The molecule has 1 heterocycles. The maximum atomic E-state index is 11.5. The maximum absolute atomic E-state index is 11.5. The molecule has 0 saturated heterocycles. The highest BCUT2D eigenvalue weighted by molar-refractivity contribution is 5.94. The first-order chi connectivity index (χ1) is 5.99. The highest BCUT2D eigenvalue weighted by Crippen LogP contribution is 2.02. The van der Waals surface area contributed by atoms with Crippen molar-refractivity contribution in [3.8, 4) is 0 Å². The second-order valence-corrected chi connectivity index (χ2v) is 3.88. The van der Waals surface area contributed by atoms with Gasteiger partial charge in [-0.2, -0.15) is 0 Å². The normalized spacial score (nSPS) is 11.0.